The Kier molecular flexibility index (Phi) is 2.16. The summed E-state index contributed by atoms with van der Waals surface area (Å²) in [6.07, 6.45) is 7.18. The lowest BCUT2D eigenvalue weighted by Crippen LogP contribution is -2.23. The fraction of sp³-hybridized carbons (Fsp3) is 1.00. The van der Waals surface area contributed by atoms with Crippen LogP contribution >= 0.6 is 0 Å². The maximum Gasteiger partial charge on any atom is 0.00683 e. The Hall–Kier alpha value is -0.0400. The quantitative estimate of drug-likeness (QED) is 0.681. The van der Waals surface area contributed by atoms with Gasteiger partial charge in [-0.15, -0.1) is 0 Å². The fourth-order valence-corrected chi connectivity index (χ4v) is 2.38. The molecule has 1 atom stereocenters. The van der Waals surface area contributed by atoms with Crippen LogP contribution in [-0.2, 0) is 0 Å². The first-order valence-corrected chi connectivity index (χ1v) is 5.39. The summed E-state index contributed by atoms with van der Waals surface area (Å²) >= 11 is 0. The van der Waals surface area contributed by atoms with E-state index in [4.69, 9.17) is 0 Å². The molecule has 0 amide bonds. The molecule has 1 heteroatoms. The Balaban J connectivity index is 1.68. The highest BCUT2D eigenvalue weighted by Crippen LogP contribution is 2.40. The van der Waals surface area contributed by atoms with Gasteiger partial charge in [0.05, 0.1) is 0 Å². The minimum Gasteiger partial charge on any atom is -0.314 e. The van der Waals surface area contributed by atoms with Crippen LogP contribution in [0.25, 0.3) is 0 Å². The first-order valence-electron chi connectivity index (χ1n) is 5.39. The van der Waals surface area contributed by atoms with E-state index in [2.05, 4.69) is 19.2 Å². The van der Waals surface area contributed by atoms with Crippen LogP contribution in [0.5, 0.6) is 0 Å². The van der Waals surface area contributed by atoms with Gasteiger partial charge in [-0.3, -0.25) is 0 Å². The van der Waals surface area contributed by atoms with Gasteiger partial charge in [0.25, 0.3) is 0 Å². The van der Waals surface area contributed by atoms with Crippen molar-refractivity contribution in [1.82, 2.24) is 5.32 Å². The van der Waals surface area contributed by atoms with Gasteiger partial charge in [-0.1, -0.05) is 13.8 Å². The smallest absolute Gasteiger partial charge is 0.00683 e. The maximum absolute atomic E-state index is 3.64. The van der Waals surface area contributed by atoms with E-state index in [1.807, 2.05) is 0 Å². The molecule has 0 aromatic heterocycles. The van der Waals surface area contributed by atoms with Crippen LogP contribution in [-0.4, -0.2) is 12.6 Å². The molecule has 2 saturated carbocycles. The van der Waals surface area contributed by atoms with E-state index in [9.17, 15) is 0 Å². The van der Waals surface area contributed by atoms with Crippen molar-refractivity contribution in [3.8, 4) is 0 Å². The van der Waals surface area contributed by atoms with E-state index in [-0.39, 0.29) is 0 Å². The minimum atomic E-state index is 0.635. The highest BCUT2D eigenvalue weighted by Gasteiger charge is 2.31. The van der Waals surface area contributed by atoms with Crippen molar-refractivity contribution in [3.05, 3.63) is 0 Å². The molecule has 0 aliphatic heterocycles. The molecular formula is C11H21N. The zero-order valence-electron chi connectivity index (χ0n) is 8.40. The predicted molar refractivity (Wildman–Crippen MR) is 52.1 cm³/mol. The summed E-state index contributed by atoms with van der Waals surface area (Å²) in [7, 11) is 0. The average molecular weight is 167 g/mol. The summed E-state index contributed by atoms with van der Waals surface area (Å²) in [4.78, 5) is 0. The largest absolute Gasteiger partial charge is 0.314 e. The first-order chi connectivity index (χ1) is 5.66. The highest BCUT2D eigenvalue weighted by molar-refractivity contribution is 4.86. The Labute approximate surface area is 75.9 Å². The van der Waals surface area contributed by atoms with Crippen molar-refractivity contribution in [2.24, 2.45) is 11.3 Å². The standard InChI is InChI=1S/C11H21N/c1-11(2)6-5-9(7-11)8-12-10-3-4-10/h9-10,12H,3-8H2,1-2H3. The number of rotatable bonds is 3. The summed E-state index contributed by atoms with van der Waals surface area (Å²) < 4.78 is 0. The van der Waals surface area contributed by atoms with Gasteiger partial charge in [0.15, 0.2) is 0 Å². The van der Waals surface area contributed by atoms with Gasteiger partial charge in [-0.05, 0) is 50.0 Å². The zero-order chi connectivity index (χ0) is 8.60. The van der Waals surface area contributed by atoms with E-state index in [1.165, 1.54) is 38.6 Å². The summed E-state index contributed by atoms with van der Waals surface area (Å²) in [5.41, 5.74) is 0.635. The number of hydrogen-bond donors (Lipinski definition) is 1. The lowest BCUT2D eigenvalue weighted by molar-refractivity contribution is 0.355. The van der Waals surface area contributed by atoms with Gasteiger partial charge in [0, 0.05) is 6.04 Å². The third kappa shape index (κ3) is 2.22. The summed E-state index contributed by atoms with van der Waals surface area (Å²) in [5, 5.41) is 3.64. The molecule has 0 bridgehead atoms. The van der Waals surface area contributed by atoms with Crippen LogP contribution in [0, 0.1) is 11.3 Å². The Morgan fingerprint density at radius 1 is 1.25 bits per heavy atom. The molecule has 0 aromatic carbocycles. The van der Waals surface area contributed by atoms with Gasteiger partial charge >= 0.3 is 0 Å². The number of nitrogens with one attached hydrogen (secondary N) is 1. The van der Waals surface area contributed by atoms with Crippen molar-refractivity contribution in [2.45, 2.75) is 52.0 Å². The molecule has 0 radical (unpaired) electrons. The molecule has 1 N–H and O–H groups in total. The van der Waals surface area contributed by atoms with Crippen molar-refractivity contribution in [1.29, 1.82) is 0 Å². The molecule has 2 aliphatic carbocycles. The number of hydrogen-bond acceptors (Lipinski definition) is 1. The van der Waals surface area contributed by atoms with Crippen molar-refractivity contribution >= 4 is 0 Å². The fourth-order valence-electron chi connectivity index (χ4n) is 2.38. The van der Waals surface area contributed by atoms with Crippen molar-refractivity contribution in [3.63, 3.8) is 0 Å². The summed E-state index contributed by atoms with van der Waals surface area (Å²) in [6.45, 7) is 6.10. The highest BCUT2D eigenvalue weighted by atomic mass is 14.9. The van der Waals surface area contributed by atoms with Gasteiger partial charge in [-0.25, -0.2) is 0 Å². The molecule has 0 heterocycles. The maximum atomic E-state index is 3.64. The predicted octanol–water partition coefficient (Wildman–Crippen LogP) is 2.56. The molecule has 1 nitrogen and oxygen atoms in total. The lowest BCUT2D eigenvalue weighted by Gasteiger charge is -2.17. The molecule has 2 rings (SSSR count). The van der Waals surface area contributed by atoms with E-state index >= 15 is 0 Å². The average Bonchev–Trinajstić information content (AvgIpc) is 2.74. The topological polar surface area (TPSA) is 12.0 Å². The molecule has 2 fully saturated rings. The SMILES string of the molecule is CC1(C)CCC(CNC2CC2)C1. The van der Waals surface area contributed by atoms with Crippen LogP contribution in [0.4, 0.5) is 0 Å². The summed E-state index contributed by atoms with van der Waals surface area (Å²) in [5.74, 6) is 0.973. The Morgan fingerprint density at radius 2 is 2.00 bits per heavy atom. The van der Waals surface area contributed by atoms with E-state index < -0.39 is 0 Å². The Bertz CT molecular complexity index is 158. The van der Waals surface area contributed by atoms with Gasteiger partial charge in [0.2, 0.25) is 0 Å². The monoisotopic (exact) mass is 167 g/mol. The second-order valence-corrected chi connectivity index (χ2v) is 5.46. The summed E-state index contributed by atoms with van der Waals surface area (Å²) in [6, 6.07) is 0.897. The second-order valence-electron chi connectivity index (χ2n) is 5.46. The third-order valence-corrected chi connectivity index (χ3v) is 3.34. The minimum absolute atomic E-state index is 0.635. The molecular weight excluding hydrogens is 146 g/mol. The molecule has 12 heavy (non-hydrogen) atoms. The molecule has 0 spiro atoms. The van der Waals surface area contributed by atoms with Crippen LogP contribution in [0.15, 0.2) is 0 Å². The van der Waals surface area contributed by atoms with Crippen LogP contribution in [0.3, 0.4) is 0 Å². The van der Waals surface area contributed by atoms with Crippen LogP contribution in [0.1, 0.15) is 46.0 Å². The molecule has 0 aromatic rings. The van der Waals surface area contributed by atoms with Gasteiger partial charge in [-0.2, -0.15) is 0 Å². The van der Waals surface area contributed by atoms with Gasteiger partial charge in [0.1, 0.15) is 0 Å². The second kappa shape index (κ2) is 3.02. The first kappa shape index (κ1) is 8.55. The Morgan fingerprint density at radius 3 is 2.50 bits per heavy atom. The zero-order valence-corrected chi connectivity index (χ0v) is 8.40. The van der Waals surface area contributed by atoms with Crippen molar-refractivity contribution in [2.75, 3.05) is 6.54 Å². The normalized spacial score (nSPS) is 34.0. The van der Waals surface area contributed by atoms with Gasteiger partial charge < -0.3 is 5.32 Å². The lowest BCUT2D eigenvalue weighted by atomic mass is 9.90. The molecule has 70 valence electrons. The molecule has 1 unspecified atom stereocenters. The van der Waals surface area contributed by atoms with E-state index in [1.54, 1.807) is 0 Å². The van der Waals surface area contributed by atoms with Crippen LogP contribution < -0.4 is 5.32 Å². The molecule has 0 saturated heterocycles. The van der Waals surface area contributed by atoms with E-state index in [0.717, 1.165) is 12.0 Å². The van der Waals surface area contributed by atoms with Crippen LogP contribution in [0.2, 0.25) is 0 Å². The third-order valence-electron chi connectivity index (χ3n) is 3.34. The van der Waals surface area contributed by atoms with Crippen molar-refractivity contribution < 1.29 is 0 Å². The molecule has 2 aliphatic rings. The van der Waals surface area contributed by atoms with E-state index in [0.29, 0.717) is 5.41 Å².